The average Bonchev–Trinajstić information content (AvgIpc) is 3.16. The SMILES string of the molecule is CN(C(=O)OCC1c2ccccc2-c2ccccc21)C(CCc1cncnc1)C(=O)OC(C)(C)C. The van der Waals surface area contributed by atoms with Crippen LogP contribution in [0.4, 0.5) is 4.79 Å². The zero-order valence-electron chi connectivity index (χ0n) is 20.6. The maximum atomic E-state index is 13.1. The summed E-state index contributed by atoms with van der Waals surface area (Å²) in [6.45, 7) is 5.60. The third-order valence-electron chi connectivity index (χ3n) is 6.09. The highest BCUT2D eigenvalue weighted by Crippen LogP contribution is 2.44. The van der Waals surface area contributed by atoms with Crippen molar-refractivity contribution in [2.45, 2.75) is 51.2 Å². The highest BCUT2D eigenvalue weighted by molar-refractivity contribution is 5.82. The molecule has 4 rings (SSSR count). The Morgan fingerprint density at radius 1 is 0.971 bits per heavy atom. The van der Waals surface area contributed by atoms with Gasteiger partial charge in [0.25, 0.3) is 0 Å². The summed E-state index contributed by atoms with van der Waals surface area (Å²) in [5, 5.41) is 0. The van der Waals surface area contributed by atoms with Gasteiger partial charge in [0.15, 0.2) is 0 Å². The first kappa shape index (κ1) is 24.4. The summed E-state index contributed by atoms with van der Waals surface area (Å²) in [6, 6.07) is 15.6. The van der Waals surface area contributed by atoms with Crippen LogP contribution < -0.4 is 0 Å². The number of likely N-dealkylation sites (N-methyl/N-ethyl adjacent to an activating group) is 1. The van der Waals surface area contributed by atoms with Crippen molar-refractivity contribution in [1.29, 1.82) is 0 Å². The molecule has 1 aromatic heterocycles. The molecule has 0 saturated heterocycles. The molecule has 35 heavy (non-hydrogen) atoms. The van der Waals surface area contributed by atoms with Crippen LogP contribution in [0.2, 0.25) is 0 Å². The van der Waals surface area contributed by atoms with E-state index in [0.29, 0.717) is 12.8 Å². The number of hydrogen-bond acceptors (Lipinski definition) is 6. The normalized spacial score (nSPS) is 13.5. The molecule has 1 heterocycles. The summed E-state index contributed by atoms with van der Waals surface area (Å²) < 4.78 is 11.4. The molecular formula is C28H31N3O4. The summed E-state index contributed by atoms with van der Waals surface area (Å²) in [5.74, 6) is -0.522. The Labute approximate surface area is 206 Å². The smallest absolute Gasteiger partial charge is 0.410 e. The molecule has 7 nitrogen and oxygen atoms in total. The van der Waals surface area contributed by atoms with E-state index in [2.05, 4.69) is 34.2 Å². The lowest BCUT2D eigenvalue weighted by Crippen LogP contribution is -2.46. The van der Waals surface area contributed by atoms with Crippen molar-refractivity contribution < 1.29 is 19.1 Å². The lowest BCUT2D eigenvalue weighted by molar-refractivity contribution is -0.160. The van der Waals surface area contributed by atoms with E-state index in [1.165, 1.54) is 11.2 Å². The van der Waals surface area contributed by atoms with Crippen molar-refractivity contribution in [2.75, 3.05) is 13.7 Å². The first-order valence-electron chi connectivity index (χ1n) is 11.8. The van der Waals surface area contributed by atoms with E-state index in [-0.39, 0.29) is 12.5 Å². The van der Waals surface area contributed by atoms with Gasteiger partial charge in [0.1, 0.15) is 24.6 Å². The predicted octanol–water partition coefficient (Wildman–Crippen LogP) is 5.00. The van der Waals surface area contributed by atoms with Crippen LogP contribution in [0.5, 0.6) is 0 Å². The van der Waals surface area contributed by atoms with E-state index in [4.69, 9.17) is 9.47 Å². The van der Waals surface area contributed by atoms with Crippen LogP contribution >= 0.6 is 0 Å². The number of aromatic nitrogens is 2. The van der Waals surface area contributed by atoms with Gasteiger partial charge in [-0.25, -0.2) is 19.6 Å². The monoisotopic (exact) mass is 473 g/mol. The molecule has 182 valence electrons. The number of carbonyl (C=O) groups excluding carboxylic acids is 2. The Bertz CT molecular complexity index is 1140. The molecule has 1 unspecified atom stereocenters. The molecule has 0 radical (unpaired) electrons. The third-order valence-corrected chi connectivity index (χ3v) is 6.09. The molecule has 0 spiro atoms. The molecule has 0 N–H and O–H groups in total. The van der Waals surface area contributed by atoms with Gasteiger partial charge in [-0.2, -0.15) is 0 Å². The average molecular weight is 474 g/mol. The molecule has 0 aliphatic heterocycles. The van der Waals surface area contributed by atoms with Crippen molar-refractivity contribution in [1.82, 2.24) is 14.9 Å². The summed E-state index contributed by atoms with van der Waals surface area (Å²) in [5.41, 5.74) is 4.80. The molecule has 2 aromatic carbocycles. The second kappa shape index (κ2) is 10.3. The van der Waals surface area contributed by atoms with Gasteiger partial charge in [-0.05, 0) is 61.4 Å². The Kier molecular flexibility index (Phi) is 7.15. The summed E-state index contributed by atoms with van der Waals surface area (Å²) >= 11 is 0. The molecular weight excluding hydrogens is 442 g/mol. The van der Waals surface area contributed by atoms with E-state index in [1.807, 2.05) is 24.3 Å². The molecule has 1 atom stereocenters. The van der Waals surface area contributed by atoms with E-state index in [1.54, 1.807) is 40.2 Å². The highest BCUT2D eigenvalue weighted by Gasteiger charge is 2.34. The van der Waals surface area contributed by atoms with Crippen molar-refractivity contribution in [3.8, 4) is 11.1 Å². The van der Waals surface area contributed by atoms with Crippen molar-refractivity contribution >= 4 is 12.1 Å². The number of aryl methyl sites for hydroxylation is 1. The van der Waals surface area contributed by atoms with Crippen molar-refractivity contribution in [3.05, 3.63) is 83.9 Å². The molecule has 7 heteroatoms. The molecule has 3 aromatic rings. The topological polar surface area (TPSA) is 81.6 Å². The fraction of sp³-hybridized carbons (Fsp3) is 0.357. The predicted molar refractivity (Wildman–Crippen MR) is 133 cm³/mol. The number of benzene rings is 2. The van der Waals surface area contributed by atoms with Gasteiger partial charge in [-0.15, -0.1) is 0 Å². The Hall–Kier alpha value is -3.74. The standard InChI is InChI=1S/C28H31N3O4/c1-28(2,3)35-26(32)25(14-13-19-15-29-18-30-16-19)31(4)27(33)34-17-24-22-11-7-5-9-20(22)21-10-6-8-12-23(21)24/h5-12,15-16,18,24-25H,13-14,17H2,1-4H3. The lowest BCUT2D eigenvalue weighted by Gasteiger charge is -2.29. The number of rotatable bonds is 7. The maximum Gasteiger partial charge on any atom is 0.410 e. The number of ether oxygens (including phenoxy) is 2. The van der Waals surface area contributed by atoms with E-state index < -0.39 is 23.7 Å². The third kappa shape index (κ3) is 5.67. The Morgan fingerprint density at radius 3 is 2.11 bits per heavy atom. The number of fused-ring (bicyclic) bond motifs is 3. The van der Waals surface area contributed by atoms with Crippen LogP contribution in [0.15, 0.2) is 67.3 Å². The maximum absolute atomic E-state index is 13.1. The van der Waals surface area contributed by atoms with Crippen molar-refractivity contribution in [3.63, 3.8) is 0 Å². The van der Waals surface area contributed by atoms with Gasteiger partial charge in [0, 0.05) is 25.4 Å². The number of esters is 1. The zero-order valence-corrected chi connectivity index (χ0v) is 20.6. The number of nitrogens with zero attached hydrogens (tertiary/aromatic N) is 3. The largest absolute Gasteiger partial charge is 0.458 e. The number of hydrogen-bond donors (Lipinski definition) is 0. The van der Waals surface area contributed by atoms with Gasteiger partial charge in [-0.3, -0.25) is 4.90 Å². The van der Waals surface area contributed by atoms with Gasteiger partial charge in [0.05, 0.1) is 0 Å². The molecule has 0 bridgehead atoms. The first-order valence-corrected chi connectivity index (χ1v) is 11.8. The number of amides is 1. The lowest BCUT2D eigenvalue weighted by atomic mass is 9.98. The van der Waals surface area contributed by atoms with E-state index >= 15 is 0 Å². The second-order valence-corrected chi connectivity index (χ2v) is 9.75. The minimum Gasteiger partial charge on any atom is -0.458 e. The van der Waals surface area contributed by atoms with Crippen LogP contribution in [0.25, 0.3) is 11.1 Å². The summed E-state index contributed by atoms with van der Waals surface area (Å²) in [4.78, 5) is 35.5. The van der Waals surface area contributed by atoms with Crippen LogP contribution in [0, 0.1) is 0 Å². The minimum absolute atomic E-state index is 0.0544. The minimum atomic E-state index is -0.801. The fourth-order valence-corrected chi connectivity index (χ4v) is 4.42. The van der Waals surface area contributed by atoms with Crippen LogP contribution in [0.1, 0.15) is 49.8 Å². The van der Waals surface area contributed by atoms with Crippen molar-refractivity contribution in [2.24, 2.45) is 0 Å². The van der Waals surface area contributed by atoms with Crippen LogP contribution in [-0.4, -0.2) is 52.2 Å². The van der Waals surface area contributed by atoms with Crippen LogP contribution in [0.3, 0.4) is 0 Å². The fourth-order valence-electron chi connectivity index (χ4n) is 4.42. The molecule has 1 amide bonds. The molecule has 0 fully saturated rings. The second-order valence-electron chi connectivity index (χ2n) is 9.75. The zero-order chi connectivity index (χ0) is 25.0. The summed E-state index contributed by atoms with van der Waals surface area (Å²) in [7, 11) is 1.58. The Balaban J connectivity index is 1.47. The Morgan fingerprint density at radius 2 is 1.54 bits per heavy atom. The van der Waals surface area contributed by atoms with E-state index in [9.17, 15) is 9.59 Å². The van der Waals surface area contributed by atoms with Gasteiger partial charge in [0.2, 0.25) is 0 Å². The summed E-state index contributed by atoms with van der Waals surface area (Å²) in [6.07, 6.45) is 5.18. The molecule has 1 aliphatic carbocycles. The quantitative estimate of drug-likeness (QED) is 0.449. The highest BCUT2D eigenvalue weighted by atomic mass is 16.6. The first-order chi connectivity index (χ1) is 16.7. The van der Waals surface area contributed by atoms with Crippen LogP contribution in [-0.2, 0) is 20.7 Å². The van der Waals surface area contributed by atoms with Gasteiger partial charge < -0.3 is 9.47 Å². The van der Waals surface area contributed by atoms with E-state index in [0.717, 1.165) is 27.8 Å². The number of carbonyl (C=O) groups is 2. The van der Waals surface area contributed by atoms with Gasteiger partial charge >= 0.3 is 12.1 Å². The molecule has 1 aliphatic rings. The molecule has 0 saturated carbocycles. The van der Waals surface area contributed by atoms with Gasteiger partial charge in [-0.1, -0.05) is 48.5 Å².